The van der Waals surface area contributed by atoms with E-state index < -0.39 is 24.1 Å². The number of ether oxygens (including phenoxy) is 2. The molecule has 0 saturated carbocycles. The maximum Gasteiger partial charge on any atom is 0.336 e. The quantitative estimate of drug-likeness (QED) is 0.302. The summed E-state index contributed by atoms with van der Waals surface area (Å²) < 4.78 is 9.01. The Morgan fingerprint density at radius 1 is 1.31 bits per heavy atom. The van der Waals surface area contributed by atoms with Crippen molar-refractivity contribution in [2.24, 2.45) is 5.11 Å². The van der Waals surface area contributed by atoms with Gasteiger partial charge in [-0.25, -0.2) is 4.79 Å². The first-order valence-corrected chi connectivity index (χ1v) is 4.64. The summed E-state index contributed by atoms with van der Waals surface area (Å²) in [6.45, 7) is 3.17. The van der Waals surface area contributed by atoms with E-state index in [9.17, 15) is 14.7 Å². The fraction of sp³-hybridized carbons (Fsp3) is 0.750. The number of carbonyl (C=O) groups excluding carboxylic acids is 2. The molecule has 8 nitrogen and oxygen atoms in total. The van der Waals surface area contributed by atoms with Crippen LogP contribution in [0.25, 0.3) is 10.4 Å². The fourth-order valence-electron chi connectivity index (χ4n) is 0.879. The smallest absolute Gasteiger partial charge is 0.336 e. The molecule has 0 amide bonds. The summed E-state index contributed by atoms with van der Waals surface area (Å²) in [4.78, 5) is 24.7. The van der Waals surface area contributed by atoms with E-state index in [1.165, 1.54) is 6.92 Å². The summed E-state index contributed by atoms with van der Waals surface area (Å²) in [7, 11) is 0. The summed E-state index contributed by atoms with van der Waals surface area (Å²) in [6, 6.07) is -1.62. The first-order chi connectivity index (χ1) is 7.58. The van der Waals surface area contributed by atoms with Crippen molar-refractivity contribution in [1.82, 2.24) is 0 Å². The number of aliphatic hydroxyl groups is 1. The van der Waals surface area contributed by atoms with Crippen molar-refractivity contribution in [2.75, 3.05) is 13.2 Å². The summed E-state index contributed by atoms with van der Waals surface area (Å²) in [5, 5.41) is 12.4. The van der Waals surface area contributed by atoms with Gasteiger partial charge in [-0.15, -0.1) is 0 Å². The van der Waals surface area contributed by atoms with Crippen LogP contribution < -0.4 is 0 Å². The van der Waals surface area contributed by atoms with Gasteiger partial charge in [0.25, 0.3) is 0 Å². The van der Waals surface area contributed by atoms with Crippen LogP contribution in [0, 0.1) is 0 Å². The molecule has 0 aliphatic carbocycles. The molecular weight excluding hydrogens is 218 g/mol. The van der Waals surface area contributed by atoms with E-state index in [1.54, 1.807) is 6.92 Å². The minimum atomic E-state index is -1.85. The Hall–Kier alpha value is -1.79. The Morgan fingerprint density at radius 2 is 1.81 bits per heavy atom. The Bertz CT molecular complexity index is 300. The molecule has 2 atom stereocenters. The molecule has 0 aromatic heterocycles. The predicted molar refractivity (Wildman–Crippen MR) is 52.2 cm³/mol. The Kier molecular flexibility index (Phi) is 6.66. The number of azide groups is 1. The molecule has 0 rings (SSSR count). The molecule has 0 fully saturated rings. The second-order valence-electron chi connectivity index (χ2n) is 2.60. The van der Waals surface area contributed by atoms with Gasteiger partial charge in [-0.2, -0.15) is 0 Å². The average Bonchev–Trinajstić information content (AvgIpc) is 2.25. The number of hydrogen-bond acceptors (Lipinski definition) is 6. The van der Waals surface area contributed by atoms with E-state index in [-0.39, 0.29) is 13.2 Å². The van der Waals surface area contributed by atoms with Crippen molar-refractivity contribution in [3.63, 3.8) is 0 Å². The molecule has 0 spiro atoms. The number of aliphatic hydroxyl groups excluding tert-OH is 1. The van der Waals surface area contributed by atoms with Crippen LogP contribution in [-0.4, -0.2) is 42.4 Å². The van der Waals surface area contributed by atoms with Crippen molar-refractivity contribution >= 4 is 11.9 Å². The van der Waals surface area contributed by atoms with Crippen LogP contribution in [-0.2, 0) is 19.1 Å². The molecule has 0 heterocycles. The third-order valence-electron chi connectivity index (χ3n) is 1.53. The zero-order chi connectivity index (χ0) is 12.6. The summed E-state index contributed by atoms with van der Waals surface area (Å²) >= 11 is 0. The molecule has 1 N–H and O–H groups in total. The summed E-state index contributed by atoms with van der Waals surface area (Å²) in [5.74, 6) is -2.01. The molecule has 0 unspecified atom stereocenters. The van der Waals surface area contributed by atoms with E-state index in [0.717, 1.165) is 0 Å². The van der Waals surface area contributed by atoms with Crippen LogP contribution >= 0.6 is 0 Å². The topological polar surface area (TPSA) is 122 Å². The van der Waals surface area contributed by atoms with Crippen molar-refractivity contribution in [3.05, 3.63) is 10.4 Å². The van der Waals surface area contributed by atoms with Crippen LogP contribution in [0.1, 0.15) is 13.8 Å². The lowest BCUT2D eigenvalue weighted by Crippen LogP contribution is -2.40. The highest BCUT2D eigenvalue weighted by molar-refractivity contribution is 5.86. The van der Waals surface area contributed by atoms with Gasteiger partial charge in [-0.3, -0.25) is 4.79 Å². The molecule has 90 valence electrons. The number of nitrogens with zero attached hydrogens (tertiary/aromatic N) is 3. The van der Waals surface area contributed by atoms with Gasteiger partial charge in [0.1, 0.15) is 0 Å². The molecular formula is C8H13N3O5. The van der Waals surface area contributed by atoms with Gasteiger partial charge in [-0.1, -0.05) is 5.11 Å². The highest BCUT2D eigenvalue weighted by atomic mass is 16.6. The molecule has 0 aliphatic heterocycles. The van der Waals surface area contributed by atoms with Crippen LogP contribution in [0.2, 0.25) is 0 Å². The Morgan fingerprint density at radius 3 is 2.25 bits per heavy atom. The third kappa shape index (κ3) is 4.16. The first kappa shape index (κ1) is 14.2. The third-order valence-corrected chi connectivity index (χ3v) is 1.53. The molecule has 0 aliphatic rings. The van der Waals surface area contributed by atoms with Gasteiger partial charge in [0.05, 0.1) is 13.2 Å². The minimum absolute atomic E-state index is 0.0434. The largest absolute Gasteiger partial charge is 0.466 e. The van der Waals surface area contributed by atoms with Crippen molar-refractivity contribution in [3.8, 4) is 0 Å². The van der Waals surface area contributed by atoms with Crippen molar-refractivity contribution in [1.29, 1.82) is 0 Å². The number of hydrogen-bond donors (Lipinski definition) is 1. The molecule has 0 bridgehead atoms. The van der Waals surface area contributed by atoms with Crippen molar-refractivity contribution in [2.45, 2.75) is 26.0 Å². The minimum Gasteiger partial charge on any atom is -0.466 e. The fourth-order valence-corrected chi connectivity index (χ4v) is 0.879. The van der Waals surface area contributed by atoms with Gasteiger partial charge in [-0.05, 0) is 19.4 Å². The predicted octanol–water partition coefficient (Wildman–Crippen LogP) is 0.152. The van der Waals surface area contributed by atoms with Crippen LogP contribution in [0.4, 0.5) is 0 Å². The van der Waals surface area contributed by atoms with Gasteiger partial charge in [0, 0.05) is 4.91 Å². The maximum absolute atomic E-state index is 11.2. The maximum atomic E-state index is 11.2. The number of esters is 2. The van der Waals surface area contributed by atoms with Crippen LogP contribution in [0.5, 0.6) is 0 Å². The number of rotatable bonds is 6. The Balaban J connectivity index is 4.70. The lowest BCUT2D eigenvalue weighted by molar-refractivity contribution is -0.161. The van der Waals surface area contributed by atoms with E-state index in [1.807, 2.05) is 0 Å². The monoisotopic (exact) mass is 231 g/mol. The van der Waals surface area contributed by atoms with Gasteiger partial charge in [0.2, 0.25) is 0 Å². The van der Waals surface area contributed by atoms with Gasteiger partial charge in [0.15, 0.2) is 12.1 Å². The molecule has 0 aromatic carbocycles. The zero-order valence-electron chi connectivity index (χ0n) is 8.99. The lowest BCUT2D eigenvalue weighted by atomic mass is 10.2. The zero-order valence-corrected chi connectivity index (χ0v) is 8.99. The second kappa shape index (κ2) is 7.49. The molecule has 16 heavy (non-hydrogen) atoms. The normalized spacial score (nSPS) is 13.2. The second-order valence-corrected chi connectivity index (χ2v) is 2.60. The van der Waals surface area contributed by atoms with Crippen LogP contribution in [0.15, 0.2) is 5.11 Å². The highest BCUT2D eigenvalue weighted by Gasteiger charge is 2.33. The average molecular weight is 231 g/mol. The molecule has 8 heteroatoms. The van der Waals surface area contributed by atoms with E-state index >= 15 is 0 Å². The standard InChI is InChI=1S/C8H13N3O5/c1-3-15-7(13)5(10-11-9)6(12)8(14)16-4-2/h5-6,12H,3-4H2,1-2H3/t5-,6-/m0/s1. The first-order valence-electron chi connectivity index (χ1n) is 4.64. The SMILES string of the molecule is CCOC(=O)[C@@H](O)[C@H](N=[N+]=[N-])C(=O)OCC. The van der Waals surface area contributed by atoms with Crippen molar-refractivity contribution < 1.29 is 24.2 Å². The molecule has 0 radical (unpaired) electrons. The molecule has 0 aromatic rings. The highest BCUT2D eigenvalue weighted by Crippen LogP contribution is 2.05. The van der Waals surface area contributed by atoms with Crippen LogP contribution in [0.3, 0.4) is 0 Å². The van der Waals surface area contributed by atoms with Gasteiger partial charge >= 0.3 is 11.9 Å². The summed E-state index contributed by atoms with van der Waals surface area (Å²) in [5.41, 5.74) is 8.20. The summed E-state index contributed by atoms with van der Waals surface area (Å²) in [6.07, 6.45) is -1.85. The van der Waals surface area contributed by atoms with E-state index in [4.69, 9.17) is 5.53 Å². The van der Waals surface area contributed by atoms with E-state index in [0.29, 0.717) is 0 Å². The van der Waals surface area contributed by atoms with Gasteiger partial charge < -0.3 is 14.6 Å². The molecule has 0 saturated heterocycles. The Labute approximate surface area is 91.8 Å². The van der Waals surface area contributed by atoms with E-state index in [2.05, 4.69) is 19.5 Å². The number of carbonyl (C=O) groups is 2. The lowest BCUT2D eigenvalue weighted by Gasteiger charge is -2.15.